The number of rotatable bonds is 5. The number of anilines is 1. The number of carbonyl (C=O) groups is 1. The lowest BCUT2D eigenvalue weighted by Crippen LogP contribution is -2.15. The molecule has 0 fully saturated rings. The van der Waals surface area contributed by atoms with Gasteiger partial charge in [0.15, 0.2) is 0 Å². The Morgan fingerprint density at radius 3 is 2.65 bits per heavy atom. The third-order valence-corrected chi connectivity index (χ3v) is 5.25. The van der Waals surface area contributed by atoms with Gasteiger partial charge in [-0.25, -0.2) is 13.6 Å². The minimum Gasteiger partial charge on any atom is -0.495 e. The van der Waals surface area contributed by atoms with Gasteiger partial charge in [0.2, 0.25) is 15.9 Å². The highest BCUT2D eigenvalue weighted by Gasteiger charge is 2.16. The molecule has 122 valence electrons. The Kier molecular flexibility index (Phi) is 5.58. The van der Waals surface area contributed by atoms with Crippen LogP contribution in [0.4, 0.5) is 5.69 Å². The largest absolute Gasteiger partial charge is 0.495 e. The molecule has 2 aromatic rings. The number of hydrogen-bond acceptors (Lipinski definition) is 5. The van der Waals surface area contributed by atoms with E-state index < -0.39 is 10.0 Å². The Morgan fingerprint density at radius 1 is 1.35 bits per heavy atom. The maximum Gasteiger partial charge on any atom is 0.248 e. The van der Waals surface area contributed by atoms with Crippen LogP contribution < -0.4 is 15.2 Å². The average Bonchev–Trinajstić information content (AvgIpc) is 2.90. The second kappa shape index (κ2) is 7.26. The van der Waals surface area contributed by atoms with Crippen LogP contribution in [0.2, 0.25) is 0 Å². The first-order chi connectivity index (χ1) is 10.8. The van der Waals surface area contributed by atoms with Gasteiger partial charge in [0.25, 0.3) is 0 Å². The lowest BCUT2D eigenvalue weighted by atomic mass is 10.3. The van der Waals surface area contributed by atoms with E-state index in [1.165, 1.54) is 42.7 Å². The second-order valence-electron chi connectivity index (χ2n) is 4.38. The van der Waals surface area contributed by atoms with E-state index in [1.54, 1.807) is 6.08 Å². The molecule has 0 radical (unpaired) electrons. The molecule has 23 heavy (non-hydrogen) atoms. The molecule has 0 atom stereocenters. The number of nitrogens with two attached hydrogens (primary N) is 1. The Morgan fingerprint density at radius 2 is 2.09 bits per heavy atom. The van der Waals surface area contributed by atoms with Gasteiger partial charge in [-0.15, -0.1) is 11.3 Å². The highest BCUT2D eigenvalue weighted by Crippen LogP contribution is 2.26. The van der Waals surface area contributed by atoms with Gasteiger partial charge in [-0.05, 0) is 52.3 Å². The van der Waals surface area contributed by atoms with Crippen molar-refractivity contribution in [2.24, 2.45) is 5.14 Å². The molecule has 0 unspecified atom stereocenters. The minimum absolute atomic E-state index is 0.115. The zero-order valence-corrected chi connectivity index (χ0v) is 15.2. The Balaban J connectivity index is 2.16. The molecule has 0 aliphatic heterocycles. The van der Waals surface area contributed by atoms with Crippen LogP contribution in [0.1, 0.15) is 4.88 Å². The number of ether oxygens (including phenoxy) is 1. The summed E-state index contributed by atoms with van der Waals surface area (Å²) in [6.07, 6.45) is 3.02. The fourth-order valence-corrected chi connectivity index (χ4v) is 3.79. The first-order valence-corrected chi connectivity index (χ1v) is 9.40. The third kappa shape index (κ3) is 4.90. The van der Waals surface area contributed by atoms with Gasteiger partial charge in [0, 0.05) is 16.6 Å². The number of primary sulfonamides is 1. The zero-order chi connectivity index (χ0) is 17.0. The van der Waals surface area contributed by atoms with Crippen LogP contribution in [0.15, 0.2) is 45.1 Å². The molecule has 3 N–H and O–H groups in total. The van der Waals surface area contributed by atoms with Crippen LogP contribution in [0.5, 0.6) is 5.75 Å². The molecule has 0 aliphatic carbocycles. The van der Waals surface area contributed by atoms with Crippen LogP contribution in [-0.2, 0) is 14.8 Å². The number of sulfonamides is 1. The van der Waals surface area contributed by atoms with Crippen molar-refractivity contribution < 1.29 is 17.9 Å². The van der Waals surface area contributed by atoms with Gasteiger partial charge in [0.05, 0.1) is 10.9 Å². The van der Waals surface area contributed by atoms with Crippen LogP contribution >= 0.6 is 27.3 Å². The molecule has 2 rings (SSSR count). The minimum atomic E-state index is -3.95. The fourth-order valence-electron chi connectivity index (χ4n) is 1.74. The van der Waals surface area contributed by atoms with Crippen LogP contribution in [0.25, 0.3) is 6.08 Å². The van der Waals surface area contributed by atoms with Crippen LogP contribution in [0, 0.1) is 0 Å². The molecule has 9 heteroatoms. The topological polar surface area (TPSA) is 98.5 Å². The highest BCUT2D eigenvalue weighted by molar-refractivity contribution is 9.11. The summed E-state index contributed by atoms with van der Waals surface area (Å²) in [6, 6.07) is 7.95. The molecular formula is C14H13BrN2O4S2. The predicted octanol–water partition coefficient (Wildman–Crippen LogP) is 2.82. The molecule has 6 nitrogen and oxygen atoms in total. The van der Waals surface area contributed by atoms with Crippen LogP contribution in [-0.4, -0.2) is 21.4 Å². The lowest BCUT2D eigenvalue weighted by molar-refractivity contribution is -0.111. The number of halogens is 1. The number of thiophene rings is 1. The molecule has 1 aromatic carbocycles. The predicted molar refractivity (Wildman–Crippen MR) is 94.0 cm³/mol. The molecular weight excluding hydrogens is 404 g/mol. The maximum atomic E-state index is 11.9. The zero-order valence-electron chi connectivity index (χ0n) is 11.9. The molecule has 0 saturated heterocycles. The van der Waals surface area contributed by atoms with Crippen molar-refractivity contribution in [1.82, 2.24) is 0 Å². The summed E-state index contributed by atoms with van der Waals surface area (Å²) in [7, 11) is -2.62. The SMILES string of the molecule is COc1ccc(NC(=O)/C=C/c2ccc(Br)s2)cc1S(N)(=O)=O. The number of hydrogen-bond donors (Lipinski definition) is 2. The van der Waals surface area contributed by atoms with Gasteiger partial charge in [-0.1, -0.05) is 0 Å². The fraction of sp³-hybridized carbons (Fsp3) is 0.0714. The van der Waals surface area contributed by atoms with E-state index in [0.29, 0.717) is 5.69 Å². The Bertz CT molecular complexity index is 859. The lowest BCUT2D eigenvalue weighted by Gasteiger charge is -2.09. The van der Waals surface area contributed by atoms with Crippen molar-refractivity contribution >= 4 is 55.0 Å². The molecule has 0 aliphatic rings. The Hall–Kier alpha value is -1.68. The van der Waals surface area contributed by atoms with Crippen molar-refractivity contribution in [3.63, 3.8) is 0 Å². The van der Waals surface area contributed by atoms with Crippen molar-refractivity contribution in [3.05, 3.63) is 45.1 Å². The van der Waals surface area contributed by atoms with Crippen molar-refractivity contribution in [3.8, 4) is 5.75 Å². The molecule has 1 aromatic heterocycles. The molecule has 0 saturated carbocycles. The first kappa shape index (κ1) is 17.7. The van der Waals surface area contributed by atoms with Gasteiger partial charge < -0.3 is 10.1 Å². The number of amides is 1. The maximum absolute atomic E-state index is 11.9. The van der Waals surface area contributed by atoms with Gasteiger partial charge in [-0.2, -0.15) is 0 Å². The average molecular weight is 417 g/mol. The van der Waals surface area contributed by atoms with E-state index in [2.05, 4.69) is 21.2 Å². The van der Waals surface area contributed by atoms with Crippen molar-refractivity contribution in [1.29, 1.82) is 0 Å². The van der Waals surface area contributed by atoms with E-state index in [4.69, 9.17) is 9.88 Å². The summed E-state index contributed by atoms with van der Waals surface area (Å²) in [4.78, 5) is 12.6. The quantitative estimate of drug-likeness (QED) is 0.731. The Labute approximate surface area is 146 Å². The van der Waals surface area contributed by atoms with E-state index in [-0.39, 0.29) is 16.6 Å². The molecule has 0 spiro atoms. The molecule has 1 heterocycles. The van der Waals surface area contributed by atoms with E-state index >= 15 is 0 Å². The number of nitrogens with one attached hydrogen (secondary N) is 1. The van der Waals surface area contributed by atoms with Crippen LogP contribution in [0.3, 0.4) is 0 Å². The van der Waals surface area contributed by atoms with Crippen molar-refractivity contribution in [2.45, 2.75) is 4.90 Å². The molecule has 0 bridgehead atoms. The van der Waals surface area contributed by atoms with E-state index in [9.17, 15) is 13.2 Å². The van der Waals surface area contributed by atoms with E-state index in [1.807, 2.05) is 12.1 Å². The summed E-state index contributed by atoms with van der Waals surface area (Å²) in [5.74, 6) is -0.274. The first-order valence-electron chi connectivity index (χ1n) is 6.25. The van der Waals surface area contributed by atoms with Gasteiger partial charge in [0.1, 0.15) is 10.6 Å². The summed E-state index contributed by atoms with van der Waals surface area (Å²) < 4.78 is 29.0. The summed E-state index contributed by atoms with van der Waals surface area (Å²) >= 11 is 4.82. The van der Waals surface area contributed by atoms with Gasteiger partial charge in [-0.3, -0.25) is 4.79 Å². The summed E-state index contributed by atoms with van der Waals surface area (Å²) in [6.45, 7) is 0. The number of benzene rings is 1. The molecule has 1 amide bonds. The normalized spacial score (nSPS) is 11.6. The summed E-state index contributed by atoms with van der Waals surface area (Å²) in [5, 5.41) is 7.71. The summed E-state index contributed by atoms with van der Waals surface area (Å²) in [5.41, 5.74) is 0.303. The monoisotopic (exact) mass is 416 g/mol. The smallest absolute Gasteiger partial charge is 0.248 e. The third-order valence-electron chi connectivity index (χ3n) is 2.73. The van der Waals surface area contributed by atoms with E-state index in [0.717, 1.165) is 8.66 Å². The standard InChI is InChI=1S/C14H13BrN2O4S2/c1-21-11-5-2-9(8-12(11)23(16,19)20)17-14(18)7-4-10-3-6-13(15)22-10/h2-8H,1H3,(H,17,18)(H2,16,19,20)/b7-4+. The van der Waals surface area contributed by atoms with Crippen molar-refractivity contribution in [2.75, 3.05) is 12.4 Å². The highest BCUT2D eigenvalue weighted by atomic mass is 79.9. The number of carbonyl (C=O) groups excluding carboxylic acids is 1. The second-order valence-corrected chi connectivity index (χ2v) is 8.40. The van der Waals surface area contributed by atoms with Gasteiger partial charge >= 0.3 is 0 Å². The number of methoxy groups -OCH3 is 1.